The number of rotatable bonds is 5. The SMILES string of the molecule is Cc1cccc(Nn2c(N)nn(CC(=O)c3ccc(C)cc3C)c2=S)c1. The summed E-state index contributed by atoms with van der Waals surface area (Å²) in [4.78, 5) is 12.6. The van der Waals surface area contributed by atoms with Crippen LogP contribution in [0.2, 0.25) is 0 Å². The summed E-state index contributed by atoms with van der Waals surface area (Å²) < 4.78 is 3.27. The molecule has 0 saturated heterocycles. The molecule has 0 spiro atoms. The number of nitrogens with zero attached hydrogens (tertiary/aromatic N) is 3. The number of anilines is 2. The van der Waals surface area contributed by atoms with Crippen LogP contribution in [0.15, 0.2) is 42.5 Å². The predicted octanol–water partition coefficient (Wildman–Crippen LogP) is 3.68. The van der Waals surface area contributed by atoms with Gasteiger partial charge in [0.15, 0.2) is 5.78 Å². The van der Waals surface area contributed by atoms with Crippen LogP contribution in [0.3, 0.4) is 0 Å². The molecule has 0 fully saturated rings. The summed E-state index contributed by atoms with van der Waals surface area (Å²) in [6.07, 6.45) is 0. The molecular weight excluding hydrogens is 346 g/mol. The van der Waals surface area contributed by atoms with Crippen LogP contribution in [-0.4, -0.2) is 20.2 Å². The molecule has 6 nitrogen and oxygen atoms in total. The summed E-state index contributed by atoms with van der Waals surface area (Å²) in [5.41, 5.74) is 13.8. The molecule has 3 N–H and O–H groups in total. The standard InChI is InChI=1S/C19H21N5OS/c1-12-5-4-6-15(10-12)21-24-18(20)22-23(19(24)26)11-17(25)16-8-7-13(2)9-14(16)3/h4-10,21H,11H2,1-3H3,(H2,20,22). The number of nitrogens with one attached hydrogen (secondary N) is 1. The second kappa shape index (κ2) is 7.13. The van der Waals surface area contributed by atoms with Gasteiger partial charge in [0, 0.05) is 5.56 Å². The smallest absolute Gasteiger partial charge is 0.240 e. The van der Waals surface area contributed by atoms with Gasteiger partial charge < -0.3 is 5.73 Å². The molecule has 0 radical (unpaired) electrons. The topological polar surface area (TPSA) is 77.9 Å². The lowest BCUT2D eigenvalue weighted by Crippen LogP contribution is -2.15. The number of hydrogen-bond donors (Lipinski definition) is 2. The quantitative estimate of drug-likeness (QED) is 0.531. The number of Topliss-reactive ketones (excluding diaryl/α,β-unsaturated/α-hetero) is 1. The maximum Gasteiger partial charge on any atom is 0.240 e. The zero-order valence-corrected chi connectivity index (χ0v) is 15.8. The van der Waals surface area contributed by atoms with Gasteiger partial charge in [0.05, 0.1) is 5.69 Å². The van der Waals surface area contributed by atoms with Gasteiger partial charge in [-0.05, 0) is 56.2 Å². The van der Waals surface area contributed by atoms with Crippen LogP contribution in [-0.2, 0) is 6.54 Å². The van der Waals surface area contributed by atoms with E-state index in [0.717, 1.165) is 22.4 Å². The number of carbonyl (C=O) groups is 1. The first-order valence-electron chi connectivity index (χ1n) is 8.24. The zero-order chi connectivity index (χ0) is 18.8. The van der Waals surface area contributed by atoms with E-state index in [0.29, 0.717) is 10.3 Å². The van der Waals surface area contributed by atoms with Gasteiger partial charge >= 0.3 is 0 Å². The van der Waals surface area contributed by atoms with Gasteiger partial charge in [-0.3, -0.25) is 10.2 Å². The Balaban J connectivity index is 1.86. The van der Waals surface area contributed by atoms with Gasteiger partial charge in [-0.1, -0.05) is 35.9 Å². The average molecular weight is 367 g/mol. The predicted molar refractivity (Wildman–Crippen MR) is 106 cm³/mol. The van der Waals surface area contributed by atoms with Crippen LogP contribution in [0, 0.1) is 25.5 Å². The number of aromatic nitrogens is 3. The minimum Gasteiger partial charge on any atom is -0.366 e. The number of ketones is 1. The zero-order valence-electron chi connectivity index (χ0n) is 15.0. The lowest BCUT2D eigenvalue weighted by Gasteiger charge is -2.08. The molecule has 0 unspecified atom stereocenters. The Kier molecular flexibility index (Phi) is 4.90. The van der Waals surface area contributed by atoms with E-state index in [-0.39, 0.29) is 18.3 Å². The van der Waals surface area contributed by atoms with Crippen molar-refractivity contribution in [1.29, 1.82) is 0 Å². The van der Waals surface area contributed by atoms with Crippen LogP contribution in [0.25, 0.3) is 0 Å². The fraction of sp³-hybridized carbons (Fsp3) is 0.211. The van der Waals surface area contributed by atoms with E-state index in [9.17, 15) is 4.79 Å². The van der Waals surface area contributed by atoms with Crippen molar-refractivity contribution >= 4 is 29.6 Å². The van der Waals surface area contributed by atoms with Gasteiger partial charge in [-0.15, -0.1) is 5.10 Å². The highest BCUT2D eigenvalue weighted by molar-refractivity contribution is 7.71. The van der Waals surface area contributed by atoms with E-state index in [1.807, 2.05) is 63.2 Å². The first kappa shape index (κ1) is 17.9. The largest absolute Gasteiger partial charge is 0.366 e. The van der Waals surface area contributed by atoms with Crippen molar-refractivity contribution in [2.24, 2.45) is 0 Å². The molecule has 134 valence electrons. The number of carbonyl (C=O) groups excluding carboxylic acids is 1. The van der Waals surface area contributed by atoms with E-state index in [4.69, 9.17) is 18.0 Å². The molecule has 2 aromatic carbocycles. The highest BCUT2D eigenvalue weighted by Gasteiger charge is 2.14. The molecule has 0 aliphatic heterocycles. The third-order valence-electron chi connectivity index (χ3n) is 4.10. The van der Waals surface area contributed by atoms with E-state index in [2.05, 4.69) is 10.5 Å². The third kappa shape index (κ3) is 3.67. The summed E-state index contributed by atoms with van der Waals surface area (Å²) in [5.74, 6) is 0.142. The molecule has 7 heteroatoms. The highest BCUT2D eigenvalue weighted by atomic mass is 32.1. The maximum absolute atomic E-state index is 12.6. The molecule has 0 aliphatic carbocycles. The highest BCUT2D eigenvalue weighted by Crippen LogP contribution is 2.15. The number of benzene rings is 2. The Bertz CT molecular complexity index is 1030. The molecule has 1 aromatic heterocycles. The van der Waals surface area contributed by atoms with E-state index in [1.165, 1.54) is 9.36 Å². The van der Waals surface area contributed by atoms with Crippen molar-refractivity contribution < 1.29 is 4.79 Å². The van der Waals surface area contributed by atoms with E-state index >= 15 is 0 Å². The number of nitrogens with two attached hydrogens (primary N) is 1. The number of aryl methyl sites for hydroxylation is 3. The first-order valence-corrected chi connectivity index (χ1v) is 8.65. The Hall–Kier alpha value is -2.93. The van der Waals surface area contributed by atoms with E-state index < -0.39 is 0 Å². The van der Waals surface area contributed by atoms with Crippen LogP contribution < -0.4 is 11.2 Å². The van der Waals surface area contributed by atoms with Crippen molar-refractivity contribution in [3.63, 3.8) is 0 Å². The molecule has 0 saturated carbocycles. The van der Waals surface area contributed by atoms with Crippen molar-refractivity contribution in [3.8, 4) is 0 Å². The van der Waals surface area contributed by atoms with Gasteiger partial charge in [-0.2, -0.15) is 4.68 Å². The van der Waals surface area contributed by atoms with Crippen molar-refractivity contribution in [2.45, 2.75) is 27.3 Å². The van der Waals surface area contributed by atoms with Crippen LogP contribution in [0.4, 0.5) is 11.6 Å². The summed E-state index contributed by atoms with van der Waals surface area (Å²) in [5, 5.41) is 4.21. The molecular formula is C19H21N5OS. The van der Waals surface area contributed by atoms with Crippen LogP contribution in [0.1, 0.15) is 27.0 Å². The minimum atomic E-state index is -0.0567. The summed E-state index contributed by atoms with van der Waals surface area (Å²) in [6.45, 7) is 5.96. The van der Waals surface area contributed by atoms with Crippen LogP contribution in [0.5, 0.6) is 0 Å². The number of hydrogen-bond acceptors (Lipinski definition) is 5. The molecule has 1 heterocycles. The molecule has 0 atom stereocenters. The van der Waals surface area contributed by atoms with Gasteiger partial charge in [-0.25, -0.2) is 4.68 Å². The number of nitrogen functional groups attached to an aromatic ring is 1. The molecule has 26 heavy (non-hydrogen) atoms. The van der Waals surface area contributed by atoms with Gasteiger partial charge in [0.1, 0.15) is 6.54 Å². The third-order valence-corrected chi connectivity index (χ3v) is 4.49. The molecule has 3 aromatic rings. The Morgan fingerprint density at radius 1 is 1.15 bits per heavy atom. The van der Waals surface area contributed by atoms with Gasteiger partial charge in [0.2, 0.25) is 10.7 Å². The summed E-state index contributed by atoms with van der Waals surface area (Å²) in [6, 6.07) is 13.6. The fourth-order valence-corrected chi connectivity index (χ4v) is 3.07. The fourth-order valence-electron chi connectivity index (χ4n) is 2.82. The monoisotopic (exact) mass is 367 g/mol. The van der Waals surface area contributed by atoms with Crippen molar-refractivity contribution in [3.05, 3.63) is 69.5 Å². The normalized spacial score (nSPS) is 10.7. The van der Waals surface area contributed by atoms with Crippen LogP contribution >= 0.6 is 12.2 Å². The molecule has 0 bridgehead atoms. The lowest BCUT2D eigenvalue weighted by molar-refractivity contribution is 0.0966. The first-order chi connectivity index (χ1) is 12.3. The summed E-state index contributed by atoms with van der Waals surface area (Å²) >= 11 is 5.44. The average Bonchev–Trinajstić information content (AvgIpc) is 2.82. The lowest BCUT2D eigenvalue weighted by atomic mass is 10.0. The molecule has 0 aliphatic rings. The Morgan fingerprint density at radius 2 is 1.88 bits per heavy atom. The Labute approximate surface area is 157 Å². The maximum atomic E-state index is 12.6. The molecule has 3 rings (SSSR count). The second-order valence-electron chi connectivity index (χ2n) is 6.36. The van der Waals surface area contributed by atoms with Crippen molar-refractivity contribution in [1.82, 2.24) is 14.5 Å². The summed E-state index contributed by atoms with van der Waals surface area (Å²) in [7, 11) is 0. The van der Waals surface area contributed by atoms with Crippen molar-refractivity contribution in [2.75, 3.05) is 11.2 Å². The van der Waals surface area contributed by atoms with Gasteiger partial charge in [0.25, 0.3) is 0 Å². The second-order valence-corrected chi connectivity index (χ2v) is 6.72. The minimum absolute atomic E-state index is 0.0371. The Morgan fingerprint density at radius 3 is 2.58 bits per heavy atom. The molecule has 0 amide bonds. The van der Waals surface area contributed by atoms with E-state index in [1.54, 1.807) is 0 Å².